The molecule has 4 heteroatoms. The summed E-state index contributed by atoms with van der Waals surface area (Å²) in [7, 11) is -0.872. The summed E-state index contributed by atoms with van der Waals surface area (Å²) in [5, 5.41) is 13.4. The summed E-state index contributed by atoms with van der Waals surface area (Å²) in [5.41, 5.74) is 0.791. The first-order valence-electron chi connectivity index (χ1n) is 4.28. The molecule has 0 unspecified atom stereocenters. The van der Waals surface area contributed by atoms with Crippen LogP contribution in [-0.2, 0) is 0 Å². The van der Waals surface area contributed by atoms with E-state index in [9.17, 15) is 5.02 Å². The molecule has 2 aromatic rings. The Morgan fingerprint density at radius 3 is 2.57 bits per heavy atom. The number of hydrogen-bond acceptors (Lipinski definition) is 3. The number of thiophene rings is 1. The van der Waals surface area contributed by atoms with E-state index < -0.39 is 7.12 Å². The Bertz CT molecular complexity index is 374. The Morgan fingerprint density at radius 1 is 1.14 bits per heavy atom. The summed E-state index contributed by atoms with van der Waals surface area (Å²) in [6.45, 7) is 0. The standard InChI is InChI=1S/C10H9BO2S/c12-11(9-6-7-14-8-9)13-10-4-2-1-3-5-10/h1-8,12H. The molecule has 0 radical (unpaired) electrons. The average molecular weight is 204 g/mol. The van der Waals surface area contributed by atoms with E-state index in [1.165, 1.54) is 11.3 Å². The highest BCUT2D eigenvalue weighted by molar-refractivity contribution is 7.09. The third-order valence-electron chi connectivity index (χ3n) is 1.82. The normalized spacial score (nSPS) is 9.79. The largest absolute Gasteiger partial charge is 0.560 e. The topological polar surface area (TPSA) is 29.5 Å². The Balaban J connectivity index is 2.06. The van der Waals surface area contributed by atoms with Crippen LogP contribution in [0.1, 0.15) is 0 Å². The van der Waals surface area contributed by atoms with Crippen LogP contribution in [0.25, 0.3) is 0 Å². The third-order valence-corrected chi connectivity index (χ3v) is 2.52. The quantitative estimate of drug-likeness (QED) is 0.768. The fraction of sp³-hybridized carbons (Fsp3) is 0. The van der Waals surface area contributed by atoms with E-state index in [0.29, 0.717) is 5.75 Å². The highest BCUT2D eigenvalue weighted by atomic mass is 32.1. The van der Waals surface area contributed by atoms with Crippen LogP contribution in [0.4, 0.5) is 0 Å². The van der Waals surface area contributed by atoms with Crippen LogP contribution in [0, 0.1) is 0 Å². The lowest BCUT2D eigenvalue weighted by atomic mass is 9.82. The minimum Gasteiger partial charge on any atom is -0.532 e. The van der Waals surface area contributed by atoms with Crippen molar-refractivity contribution in [2.45, 2.75) is 0 Å². The van der Waals surface area contributed by atoms with Crippen LogP contribution in [0.5, 0.6) is 5.75 Å². The molecule has 0 spiro atoms. The zero-order valence-electron chi connectivity index (χ0n) is 7.46. The molecule has 2 rings (SSSR count). The zero-order chi connectivity index (χ0) is 9.80. The Morgan fingerprint density at radius 2 is 1.93 bits per heavy atom. The van der Waals surface area contributed by atoms with Crippen molar-refractivity contribution in [2.75, 3.05) is 0 Å². The maximum Gasteiger partial charge on any atom is 0.560 e. The highest BCUT2D eigenvalue weighted by Crippen LogP contribution is 2.09. The van der Waals surface area contributed by atoms with Gasteiger partial charge in [-0.3, -0.25) is 0 Å². The van der Waals surface area contributed by atoms with Crippen LogP contribution in [0.2, 0.25) is 0 Å². The number of para-hydroxylation sites is 1. The molecule has 0 aliphatic heterocycles. The monoisotopic (exact) mass is 204 g/mol. The van der Waals surface area contributed by atoms with Crippen molar-refractivity contribution in [3.63, 3.8) is 0 Å². The maximum absolute atomic E-state index is 9.65. The summed E-state index contributed by atoms with van der Waals surface area (Å²) in [6, 6.07) is 11.1. The molecule has 0 atom stereocenters. The molecule has 1 N–H and O–H groups in total. The molecule has 0 aliphatic rings. The molecule has 14 heavy (non-hydrogen) atoms. The lowest BCUT2D eigenvalue weighted by molar-refractivity contribution is 0.433. The van der Waals surface area contributed by atoms with Gasteiger partial charge in [-0.15, -0.1) is 0 Å². The summed E-state index contributed by atoms with van der Waals surface area (Å²) in [4.78, 5) is 0. The molecule has 0 amide bonds. The minimum atomic E-state index is -0.872. The Labute approximate surface area is 86.9 Å². The molecular weight excluding hydrogens is 195 g/mol. The molecule has 0 bridgehead atoms. The lowest BCUT2D eigenvalue weighted by Gasteiger charge is -2.07. The maximum atomic E-state index is 9.65. The highest BCUT2D eigenvalue weighted by Gasteiger charge is 2.18. The van der Waals surface area contributed by atoms with E-state index in [1.807, 2.05) is 47.2 Å². The number of benzene rings is 1. The van der Waals surface area contributed by atoms with Crippen molar-refractivity contribution in [1.82, 2.24) is 0 Å². The first-order chi connectivity index (χ1) is 6.86. The van der Waals surface area contributed by atoms with E-state index in [-0.39, 0.29) is 0 Å². The van der Waals surface area contributed by atoms with Gasteiger partial charge >= 0.3 is 7.12 Å². The molecule has 2 nitrogen and oxygen atoms in total. The van der Waals surface area contributed by atoms with Crippen LogP contribution in [0.3, 0.4) is 0 Å². The van der Waals surface area contributed by atoms with Crippen molar-refractivity contribution in [1.29, 1.82) is 0 Å². The molecule has 1 aromatic carbocycles. The minimum absolute atomic E-state index is 0.672. The van der Waals surface area contributed by atoms with Crippen molar-refractivity contribution >= 4 is 23.9 Å². The van der Waals surface area contributed by atoms with Crippen molar-refractivity contribution in [3.8, 4) is 5.75 Å². The van der Waals surface area contributed by atoms with Gasteiger partial charge in [-0.05, 0) is 22.9 Å². The van der Waals surface area contributed by atoms with E-state index in [1.54, 1.807) is 0 Å². The number of hydrogen-bond donors (Lipinski definition) is 1. The molecular formula is C10H9BO2S. The third kappa shape index (κ3) is 2.16. The molecule has 0 fully saturated rings. The van der Waals surface area contributed by atoms with Crippen molar-refractivity contribution in [3.05, 3.63) is 47.2 Å². The SMILES string of the molecule is OB(Oc1ccccc1)c1ccsc1. The van der Waals surface area contributed by atoms with E-state index in [2.05, 4.69) is 0 Å². The second kappa shape index (κ2) is 4.31. The molecule has 1 heterocycles. The Kier molecular flexibility index (Phi) is 2.86. The van der Waals surface area contributed by atoms with Gasteiger partial charge in [-0.2, -0.15) is 11.3 Å². The van der Waals surface area contributed by atoms with Crippen molar-refractivity contribution < 1.29 is 9.68 Å². The fourth-order valence-electron chi connectivity index (χ4n) is 1.11. The van der Waals surface area contributed by atoms with Crippen LogP contribution < -0.4 is 10.1 Å². The van der Waals surface area contributed by atoms with Crippen molar-refractivity contribution in [2.24, 2.45) is 0 Å². The van der Waals surface area contributed by atoms with Crippen LogP contribution in [0.15, 0.2) is 47.2 Å². The van der Waals surface area contributed by atoms with Gasteiger partial charge in [0, 0.05) is 5.46 Å². The van der Waals surface area contributed by atoms with Crippen LogP contribution >= 0.6 is 11.3 Å². The summed E-state index contributed by atoms with van der Waals surface area (Å²) >= 11 is 1.54. The predicted octanol–water partition coefficient (Wildman–Crippen LogP) is 1.51. The zero-order valence-corrected chi connectivity index (χ0v) is 8.28. The smallest absolute Gasteiger partial charge is 0.532 e. The van der Waals surface area contributed by atoms with E-state index in [4.69, 9.17) is 4.65 Å². The van der Waals surface area contributed by atoms with E-state index >= 15 is 0 Å². The second-order valence-corrected chi connectivity index (χ2v) is 3.62. The lowest BCUT2D eigenvalue weighted by Crippen LogP contribution is -2.35. The van der Waals surface area contributed by atoms with Gasteiger partial charge < -0.3 is 9.68 Å². The molecule has 0 aliphatic carbocycles. The fourth-order valence-corrected chi connectivity index (χ4v) is 1.78. The van der Waals surface area contributed by atoms with E-state index in [0.717, 1.165) is 5.46 Å². The summed E-state index contributed by atoms with van der Waals surface area (Å²) in [6.07, 6.45) is 0. The Hall–Kier alpha value is -1.26. The predicted molar refractivity (Wildman–Crippen MR) is 59.0 cm³/mol. The summed E-state index contributed by atoms with van der Waals surface area (Å²) in [5.74, 6) is 0.672. The number of rotatable bonds is 3. The molecule has 0 saturated heterocycles. The van der Waals surface area contributed by atoms with Gasteiger partial charge in [0.25, 0.3) is 0 Å². The van der Waals surface area contributed by atoms with Gasteiger partial charge in [-0.25, -0.2) is 0 Å². The van der Waals surface area contributed by atoms with Gasteiger partial charge in [0.1, 0.15) is 5.75 Å². The van der Waals surface area contributed by atoms with Gasteiger partial charge in [0.05, 0.1) is 0 Å². The van der Waals surface area contributed by atoms with Gasteiger partial charge in [0.15, 0.2) is 0 Å². The molecule has 1 aromatic heterocycles. The average Bonchev–Trinajstić information content (AvgIpc) is 2.72. The summed E-state index contributed by atoms with van der Waals surface area (Å²) < 4.78 is 5.32. The van der Waals surface area contributed by atoms with Gasteiger partial charge in [0.2, 0.25) is 0 Å². The first kappa shape index (κ1) is 9.31. The van der Waals surface area contributed by atoms with Gasteiger partial charge in [-0.1, -0.05) is 24.3 Å². The second-order valence-electron chi connectivity index (χ2n) is 2.84. The molecule has 70 valence electrons. The molecule has 0 saturated carbocycles. The van der Waals surface area contributed by atoms with Crippen LogP contribution in [-0.4, -0.2) is 12.1 Å². The first-order valence-corrected chi connectivity index (χ1v) is 5.22.